The summed E-state index contributed by atoms with van der Waals surface area (Å²) in [6, 6.07) is 8.96. The van der Waals surface area contributed by atoms with Crippen LogP contribution in [0.5, 0.6) is 0 Å². The first kappa shape index (κ1) is 21.1. The van der Waals surface area contributed by atoms with Crippen LogP contribution in [0, 0.1) is 6.92 Å². The van der Waals surface area contributed by atoms with Crippen molar-refractivity contribution < 1.29 is 9.59 Å². The van der Waals surface area contributed by atoms with E-state index in [1.807, 2.05) is 26.0 Å². The Hall–Kier alpha value is -2.64. The van der Waals surface area contributed by atoms with Crippen molar-refractivity contribution in [1.82, 2.24) is 14.8 Å². The summed E-state index contributed by atoms with van der Waals surface area (Å²) >= 11 is 5.97. The van der Waals surface area contributed by atoms with Crippen LogP contribution in [0.15, 0.2) is 48.9 Å². The summed E-state index contributed by atoms with van der Waals surface area (Å²) in [7, 11) is 0. The number of nitrogens with zero attached hydrogens (tertiary/aromatic N) is 4. The van der Waals surface area contributed by atoms with Crippen molar-refractivity contribution in [3.63, 3.8) is 0 Å². The Morgan fingerprint density at radius 2 is 1.93 bits per heavy atom. The van der Waals surface area contributed by atoms with Crippen molar-refractivity contribution in [2.75, 3.05) is 11.4 Å². The van der Waals surface area contributed by atoms with E-state index in [0.29, 0.717) is 28.4 Å². The number of fused-ring (bicyclic) bond motifs is 1. The van der Waals surface area contributed by atoms with Crippen molar-refractivity contribution in [3.8, 4) is 0 Å². The van der Waals surface area contributed by atoms with E-state index in [4.69, 9.17) is 11.6 Å². The van der Waals surface area contributed by atoms with Crippen molar-refractivity contribution in [1.29, 1.82) is 0 Å². The lowest BCUT2D eigenvalue weighted by molar-refractivity contribution is 0.0951. The number of benzene rings is 1. The van der Waals surface area contributed by atoms with Gasteiger partial charge in [-0.1, -0.05) is 11.6 Å². The molecule has 150 valence electrons. The standard InChI is InChI=1S/C21H19ClN4O2.H2S/c1-13-7-15(10-23-9-13)19(27)8-16-11-24-26-14(2)12-25(21(28)20(16)26)18-5-3-17(22)4-6-18;/h3-7,9-11,14H,8,12H2,1-2H3;1H2/t14-;/m0./s1. The van der Waals surface area contributed by atoms with Crippen molar-refractivity contribution >= 4 is 42.5 Å². The lowest BCUT2D eigenvalue weighted by atomic mass is 10.0. The maximum atomic E-state index is 13.2. The molecule has 1 amide bonds. The molecule has 29 heavy (non-hydrogen) atoms. The average Bonchev–Trinajstić information content (AvgIpc) is 3.10. The van der Waals surface area contributed by atoms with Crippen molar-refractivity contribution in [2.24, 2.45) is 0 Å². The molecule has 0 saturated carbocycles. The lowest BCUT2D eigenvalue weighted by Gasteiger charge is -2.32. The Labute approximate surface area is 181 Å². The van der Waals surface area contributed by atoms with Crippen LogP contribution in [0.1, 0.15) is 44.9 Å². The summed E-state index contributed by atoms with van der Waals surface area (Å²) < 4.78 is 1.71. The highest BCUT2D eigenvalue weighted by Crippen LogP contribution is 2.29. The molecular weight excluding hydrogens is 408 g/mol. The predicted molar refractivity (Wildman–Crippen MR) is 117 cm³/mol. The van der Waals surface area contributed by atoms with Gasteiger partial charge in [0.05, 0.1) is 12.2 Å². The molecule has 0 saturated heterocycles. The molecule has 0 aliphatic carbocycles. The molecule has 1 atom stereocenters. The Balaban J connectivity index is 0.00000240. The minimum absolute atomic E-state index is 0. The normalized spacial score (nSPS) is 15.6. The van der Waals surface area contributed by atoms with E-state index in [1.54, 1.807) is 46.4 Å². The van der Waals surface area contributed by atoms with Gasteiger partial charge in [0, 0.05) is 47.2 Å². The number of carbonyl (C=O) groups excluding carboxylic acids is 2. The molecule has 1 aliphatic rings. The Kier molecular flexibility index (Phi) is 6.10. The minimum atomic E-state index is -0.164. The zero-order valence-electron chi connectivity index (χ0n) is 16.1. The molecule has 0 unspecified atom stereocenters. The van der Waals surface area contributed by atoms with Gasteiger partial charge in [0.1, 0.15) is 5.69 Å². The number of aryl methyl sites for hydroxylation is 1. The number of rotatable bonds is 4. The van der Waals surface area contributed by atoms with Crippen LogP contribution in [0.25, 0.3) is 0 Å². The maximum absolute atomic E-state index is 13.2. The van der Waals surface area contributed by atoms with Gasteiger partial charge in [0.25, 0.3) is 5.91 Å². The lowest BCUT2D eigenvalue weighted by Crippen LogP contribution is -2.43. The van der Waals surface area contributed by atoms with Crippen LogP contribution >= 0.6 is 25.1 Å². The number of carbonyl (C=O) groups is 2. The molecular formula is C21H21ClN4O2S. The van der Waals surface area contributed by atoms with Crippen molar-refractivity contribution in [2.45, 2.75) is 26.3 Å². The van der Waals surface area contributed by atoms with Gasteiger partial charge in [-0.15, -0.1) is 0 Å². The fraction of sp³-hybridized carbons (Fsp3) is 0.238. The molecule has 0 spiro atoms. The van der Waals surface area contributed by atoms with Crippen LogP contribution in [0.2, 0.25) is 5.02 Å². The summed E-state index contributed by atoms with van der Waals surface area (Å²) in [5, 5.41) is 4.99. The van der Waals surface area contributed by atoms with Crippen LogP contribution < -0.4 is 4.90 Å². The van der Waals surface area contributed by atoms with E-state index < -0.39 is 0 Å². The van der Waals surface area contributed by atoms with Gasteiger partial charge in [0.2, 0.25) is 0 Å². The topological polar surface area (TPSA) is 68.1 Å². The molecule has 0 N–H and O–H groups in total. The van der Waals surface area contributed by atoms with Gasteiger partial charge in [-0.2, -0.15) is 18.6 Å². The van der Waals surface area contributed by atoms with Crippen molar-refractivity contribution in [3.05, 3.63) is 76.3 Å². The van der Waals surface area contributed by atoms with E-state index >= 15 is 0 Å². The number of Topliss-reactive ketones (excluding diaryl/α,β-unsaturated/α-hetero) is 1. The van der Waals surface area contributed by atoms with E-state index in [1.165, 1.54) is 0 Å². The number of halogens is 1. The summed E-state index contributed by atoms with van der Waals surface area (Å²) in [6.07, 6.45) is 4.98. The molecule has 6 nitrogen and oxygen atoms in total. The van der Waals surface area contributed by atoms with Gasteiger partial charge < -0.3 is 4.90 Å². The monoisotopic (exact) mass is 428 g/mol. The first-order valence-corrected chi connectivity index (χ1v) is 9.40. The van der Waals surface area contributed by atoms with Gasteiger partial charge in [-0.3, -0.25) is 19.3 Å². The number of aromatic nitrogens is 3. The highest BCUT2D eigenvalue weighted by Gasteiger charge is 2.33. The molecule has 3 aromatic rings. The minimum Gasteiger partial charge on any atom is -0.305 e. The third-order valence-electron chi connectivity index (χ3n) is 4.87. The number of anilines is 1. The van der Waals surface area contributed by atoms with Gasteiger partial charge in [0.15, 0.2) is 5.78 Å². The second kappa shape index (κ2) is 8.39. The van der Waals surface area contributed by atoms with Gasteiger partial charge in [-0.05, 0) is 49.7 Å². The Morgan fingerprint density at radius 1 is 1.21 bits per heavy atom. The fourth-order valence-corrected chi connectivity index (χ4v) is 3.60. The smallest absolute Gasteiger partial charge is 0.276 e. The zero-order chi connectivity index (χ0) is 19.8. The Bertz CT molecular complexity index is 1060. The molecule has 1 aromatic carbocycles. The fourth-order valence-electron chi connectivity index (χ4n) is 3.48. The molecule has 1 aliphatic heterocycles. The Morgan fingerprint density at radius 3 is 2.62 bits per heavy atom. The highest BCUT2D eigenvalue weighted by molar-refractivity contribution is 7.59. The van der Waals surface area contributed by atoms with E-state index in [9.17, 15) is 9.59 Å². The number of hydrogen-bond acceptors (Lipinski definition) is 4. The molecule has 2 aromatic heterocycles. The average molecular weight is 429 g/mol. The number of hydrogen-bond donors (Lipinski definition) is 0. The summed E-state index contributed by atoms with van der Waals surface area (Å²) in [5.41, 5.74) is 3.31. The molecule has 4 rings (SSSR count). The predicted octanol–water partition coefficient (Wildman–Crippen LogP) is 4.00. The third kappa shape index (κ3) is 4.06. The quantitative estimate of drug-likeness (QED) is 0.589. The number of pyridine rings is 1. The first-order valence-electron chi connectivity index (χ1n) is 9.02. The van der Waals surface area contributed by atoms with Crippen LogP contribution in [0.3, 0.4) is 0 Å². The second-order valence-electron chi connectivity index (χ2n) is 7.06. The van der Waals surface area contributed by atoms with E-state index in [2.05, 4.69) is 10.1 Å². The zero-order valence-corrected chi connectivity index (χ0v) is 17.8. The molecule has 0 bridgehead atoms. The molecule has 3 heterocycles. The molecule has 0 fully saturated rings. The van der Waals surface area contributed by atoms with Crippen LogP contribution in [-0.2, 0) is 6.42 Å². The second-order valence-corrected chi connectivity index (χ2v) is 7.49. The van der Waals surface area contributed by atoms with Crippen LogP contribution in [-0.4, -0.2) is 33.0 Å². The maximum Gasteiger partial charge on any atom is 0.276 e. The van der Waals surface area contributed by atoms with E-state index in [0.717, 1.165) is 11.3 Å². The number of ketones is 1. The first-order chi connectivity index (χ1) is 13.4. The SMILES string of the molecule is Cc1cncc(C(=O)Cc2cnn3c2C(=O)N(c2ccc(Cl)cc2)C[C@@H]3C)c1.S. The summed E-state index contributed by atoms with van der Waals surface area (Å²) in [6.45, 7) is 4.40. The molecule has 8 heteroatoms. The molecule has 0 radical (unpaired) electrons. The van der Waals surface area contributed by atoms with Crippen LogP contribution in [0.4, 0.5) is 5.69 Å². The van der Waals surface area contributed by atoms with E-state index in [-0.39, 0.29) is 37.6 Å². The number of amides is 1. The summed E-state index contributed by atoms with van der Waals surface area (Å²) in [4.78, 5) is 31.7. The summed E-state index contributed by atoms with van der Waals surface area (Å²) in [5.74, 6) is -0.251. The largest absolute Gasteiger partial charge is 0.305 e. The highest BCUT2D eigenvalue weighted by atomic mass is 35.5. The van der Waals surface area contributed by atoms with Gasteiger partial charge >= 0.3 is 0 Å². The van der Waals surface area contributed by atoms with Gasteiger partial charge in [-0.25, -0.2) is 0 Å². The third-order valence-corrected chi connectivity index (χ3v) is 5.12.